The van der Waals surface area contributed by atoms with Gasteiger partial charge in [0.2, 0.25) is 0 Å². The Balaban J connectivity index is 1.18. The maximum atomic E-state index is 5.33. The number of hydrogen-bond donors (Lipinski definition) is 0. The van der Waals surface area contributed by atoms with Crippen LogP contribution in [-0.4, -0.2) is 9.97 Å². The minimum atomic E-state index is 0.726. The molecule has 0 fully saturated rings. The van der Waals surface area contributed by atoms with Crippen LogP contribution in [0.25, 0.3) is 88.5 Å². The number of benzene rings is 8. The predicted octanol–water partition coefficient (Wildman–Crippen LogP) is 12.3. The maximum Gasteiger partial charge on any atom is 0.160 e. The molecule has 1 aromatic heterocycles. The molecule has 0 N–H and O–H groups in total. The molecule has 0 aliphatic rings. The topological polar surface area (TPSA) is 25.8 Å². The smallest absolute Gasteiger partial charge is 0.160 e. The first kappa shape index (κ1) is 27.9. The van der Waals surface area contributed by atoms with Crippen LogP contribution in [0.5, 0.6) is 0 Å². The van der Waals surface area contributed by atoms with Crippen LogP contribution in [0, 0.1) is 0 Å². The van der Waals surface area contributed by atoms with Crippen molar-refractivity contribution in [3.63, 3.8) is 0 Å². The fourth-order valence-electron chi connectivity index (χ4n) is 6.80. The van der Waals surface area contributed by atoms with Gasteiger partial charge in [0.05, 0.1) is 11.2 Å². The molecule has 0 unspecified atom stereocenters. The van der Waals surface area contributed by atoms with Gasteiger partial charge in [0, 0.05) is 16.5 Å². The molecule has 0 aliphatic carbocycles. The molecule has 9 aromatic rings. The minimum Gasteiger partial charge on any atom is -0.228 e. The molecule has 8 aromatic carbocycles. The molecule has 224 valence electrons. The third-order valence-electron chi connectivity index (χ3n) is 9.23. The Bertz CT molecular complexity index is 2620. The van der Waals surface area contributed by atoms with Crippen LogP contribution in [-0.2, 0) is 0 Å². The Morgan fingerprint density at radius 3 is 1.52 bits per heavy atom. The lowest BCUT2D eigenvalue weighted by molar-refractivity contribution is 1.23. The van der Waals surface area contributed by atoms with E-state index < -0.39 is 0 Å². The number of nitrogens with zero attached hydrogens (tertiary/aromatic N) is 2. The third kappa shape index (κ3) is 5.10. The molecule has 2 nitrogen and oxygen atoms in total. The van der Waals surface area contributed by atoms with E-state index in [4.69, 9.17) is 9.97 Å². The molecule has 0 atom stereocenters. The zero-order valence-electron chi connectivity index (χ0n) is 26.2. The van der Waals surface area contributed by atoms with Gasteiger partial charge in [-0.25, -0.2) is 9.97 Å². The standard InChI is InChI=1S/C46H30N2/c1-2-11-31(12-3-1)35-16-8-17-36(27-35)37-18-9-19-38(28-37)39-20-10-21-40(29-39)45-44-42-22-7-6-14-33(42)25-26-43(44)47-46(48-45)41-24-23-32-13-4-5-15-34(32)30-41/h1-30H. The largest absolute Gasteiger partial charge is 0.228 e. The number of hydrogen-bond acceptors (Lipinski definition) is 2. The molecule has 1 heterocycles. The average Bonchev–Trinajstić information content (AvgIpc) is 3.17. The van der Waals surface area contributed by atoms with Crippen LogP contribution in [0.15, 0.2) is 182 Å². The predicted molar refractivity (Wildman–Crippen MR) is 202 cm³/mol. The van der Waals surface area contributed by atoms with Crippen LogP contribution >= 0.6 is 0 Å². The van der Waals surface area contributed by atoms with E-state index in [1.54, 1.807) is 0 Å². The van der Waals surface area contributed by atoms with Gasteiger partial charge in [-0.3, -0.25) is 0 Å². The highest BCUT2D eigenvalue weighted by atomic mass is 14.9. The van der Waals surface area contributed by atoms with E-state index >= 15 is 0 Å². The summed E-state index contributed by atoms with van der Waals surface area (Å²) in [4.78, 5) is 10.5. The number of rotatable bonds is 5. The summed E-state index contributed by atoms with van der Waals surface area (Å²) in [5.41, 5.74) is 11.1. The molecule has 0 amide bonds. The normalized spacial score (nSPS) is 11.3. The van der Waals surface area contributed by atoms with Gasteiger partial charge in [-0.05, 0) is 85.3 Å². The van der Waals surface area contributed by atoms with Crippen LogP contribution in [0.1, 0.15) is 0 Å². The van der Waals surface area contributed by atoms with E-state index in [0.29, 0.717) is 0 Å². The first-order chi connectivity index (χ1) is 23.8. The van der Waals surface area contributed by atoms with Crippen molar-refractivity contribution in [2.24, 2.45) is 0 Å². The van der Waals surface area contributed by atoms with Crippen molar-refractivity contribution in [2.45, 2.75) is 0 Å². The van der Waals surface area contributed by atoms with E-state index in [1.807, 2.05) is 0 Å². The van der Waals surface area contributed by atoms with E-state index in [9.17, 15) is 0 Å². The van der Waals surface area contributed by atoms with Crippen molar-refractivity contribution in [1.29, 1.82) is 0 Å². The lowest BCUT2D eigenvalue weighted by Crippen LogP contribution is -1.96. The number of fused-ring (bicyclic) bond motifs is 4. The van der Waals surface area contributed by atoms with Crippen LogP contribution in [0.3, 0.4) is 0 Å². The van der Waals surface area contributed by atoms with Gasteiger partial charge in [0.1, 0.15) is 0 Å². The summed E-state index contributed by atoms with van der Waals surface area (Å²) in [5.74, 6) is 0.726. The van der Waals surface area contributed by atoms with Gasteiger partial charge in [-0.15, -0.1) is 0 Å². The first-order valence-electron chi connectivity index (χ1n) is 16.3. The molecule has 2 heteroatoms. The summed E-state index contributed by atoms with van der Waals surface area (Å²) in [6, 6.07) is 64.6. The van der Waals surface area contributed by atoms with Crippen molar-refractivity contribution in [3.8, 4) is 56.0 Å². The lowest BCUT2D eigenvalue weighted by Gasteiger charge is -2.14. The molecule has 0 saturated carbocycles. The molecule has 0 radical (unpaired) electrons. The second-order valence-electron chi connectivity index (χ2n) is 12.2. The van der Waals surface area contributed by atoms with E-state index in [2.05, 4.69) is 182 Å². The summed E-state index contributed by atoms with van der Waals surface area (Å²) >= 11 is 0. The summed E-state index contributed by atoms with van der Waals surface area (Å²) in [7, 11) is 0. The van der Waals surface area contributed by atoms with Gasteiger partial charge in [-0.2, -0.15) is 0 Å². The highest BCUT2D eigenvalue weighted by molar-refractivity contribution is 6.12. The van der Waals surface area contributed by atoms with Crippen LogP contribution < -0.4 is 0 Å². The molecular weight excluding hydrogens is 581 g/mol. The Morgan fingerprint density at radius 2 is 0.812 bits per heavy atom. The maximum absolute atomic E-state index is 5.33. The van der Waals surface area contributed by atoms with E-state index in [1.165, 1.54) is 38.4 Å². The van der Waals surface area contributed by atoms with Gasteiger partial charge >= 0.3 is 0 Å². The van der Waals surface area contributed by atoms with Crippen molar-refractivity contribution in [3.05, 3.63) is 182 Å². The Labute approximate surface area is 279 Å². The molecule has 0 aliphatic heterocycles. The zero-order valence-corrected chi connectivity index (χ0v) is 26.2. The quantitative estimate of drug-likeness (QED) is 0.181. The molecule has 0 spiro atoms. The first-order valence-corrected chi connectivity index (χ1v) is 16.3. The van der Waals surface area contributed by atoms with Crippen molar-refractivity contribution < 1.29 is 0 Å². The third-order valence-corrected chi connectivity index (χ3v) is 9.23. The van der Waals surface area contributed by atoms with Gasteiger partial charge in [-0.1, -0.05) is 152 Å². The Hall–Kier alpha value is -6.38. The van der Waals surface area contributed by atoms with Crippen molar-refractivity contribution >= 4 is 32.4 Å². The minimum absolute atomic E-state index is 0.726. The van der Waals surface area contributed by atoms with Gasteiger partial charge in [0.15, 0.2) is 5.82 Å². The summed E-state index contributed by atoms with van der Waals surface area (Å²) in [6.07, 6.45) is 0. The fraction of sp³-hybridized carbons (Fsp3) is 0. The SMILES string of the molecule is c1ccc(-c2cccc(-c3cccc(-c4cccc(-c5nc(-c6ccc7ccccc7c6)nc6ccc7ccccc7c56)c4)c3)c2)cc1. The van der Waals surface area contributed by atoms with E-state index in [-0.39, 0.29) is 0 Å². The lowest BCUT2D eigenvalue weighted by atomic mass is 9.94. The summed E-state index contributed by atoms with van der Waals surface area (Å²) < 4.78 is 0. The highest BCUT2D eigenvalue weighted by Crippen LogP contribution is 2.37. The Kier molecular flexibility index (Phi) is 6.84. The zero-order chi connectivity index (χ0) is 31.9. The second-order valence-corrected chi connectivity index (χ2v) is 12.2. The van der Waals surface area contributed by atoms with Crippen molar-refractivity contribution in [2.75, 3.05) is 0 Å². The van der Waals surface area contributed by atoms with E-state index in [0.717, 1.165) is 50.1 Å². The summed E-state index contributed by atoms with van der Waals surface area (Å²) in [5, 5.41) is 5.78. The van der Waals surface area contributed by atoms with Crippen LogP contribution in [0.2, 0.25) is 0 Å². The molecule has 0 saturated heterocycles. The monoisotopic (exact) mass is 610 g/mol. The molecule has 0 bridgehead atoms. The van der Waals surface area contributed by atoms with Gasteiger partial charge in [0.25, 0.3) is 0 Å². The van der Waals surface area contributed by atoms with Gasteiger partial charge < -0.3 is 0 Å². The fourth-order valence-corrected chi connectivity index (χ4v) is 6.80. The van der Waals surface area contributed by atoms with Crippen molar-refractivity contribution in [1.82, 2.24) is 9.97 Å². The van der Waals surface area contributed by atoms with Crippen LogP contribution in [0.4, 0.5) is 0 Å². The molecule has 48 heavy (non-hydrogen) atoms. The highest BCUT2D eigenvalue weighted by Gasteiger charge is 2.16. The summed E-state index contributed by atoms with van der Waals surface area (Å²) in [6.45, 7) is 0. The second kappa shape index (κ2) is 11.8. The molecular formula is C46H30N2. The molecule has 9 rings (SSSR count). The Morgan fingerprint density at radius 1 is 0.292 bits per heavy atom. The average molecular weight is 611 g/mol. The number of aromatic nitrogens is 2.